The number of nitrogens with two attached hydrogens (primary N) is 1. The van der Waals surface area contributed by atoms with Crippen molar-refractivity contribution >= 4 is 34.2 Å². The normalized spacial score (nSPS) is 12.2. The van der Waals surface area contributed by atoms with Crippen molar-refractivity contribution in [1.29, 1.82) is 0 Å². The van der Waals surface area contributed by atoms with Gasteiger partial charge in [0.1, 0.15) is 5.82 Å². The second-order valence-corrected chi connectivity index (χ2v) is 5.11. The number of amides is 1. The maximum absolute atomic E-state index is 12.9. The minimum absolute atomic E-state index is 0.0528. The predicted octanol–water partition coefficient (Wildman–Crippen LogP) is 2.74. The zero-order valence-electron chi connectivity index (χ0n) is 9.67. The lowest BCUT2D eigenvalue weighted by atomic mass is 10.0. The van der Waals surface area contributed by atoms with Gasteiger partial charge >= 0.3 is 0 Å². The van der Waals surface area contributed by atoms with E-state index in [2.05, 4.69) is 5.32 Å². The van der Waals surface area contributed by atoms with Crippen molar-refractivity contribution in [2.24, 2.45) is 11.7 Å². The maximum atomic E-state index is 12.9. The topological polar surface area (TPSA) is 55.1 Å². The molecule has 1 rings (SSSR count). The van der Waals surface area contributed by atoms with Crippen LogP contribution < -0.4 is 11.1 Å². The number of carbonyl (C=O) groups is 1. The second kappa shape index (κ2) is 6.90. The van der Waals surface area contributed by atoms with Gasteiger partial charge in [0.15, 0.2) is 0 Å². The lowest BCUT2D eigenvalue weighted by Gasteiger charge is -2.12. The summed E-state index contributed by atoms with van der Waals surface area (Å²) in [4.78, 5) is 11.8. The Hall–Kier alpha value is -0.690. The van der Waals surface area contributed by atoms with Crippen LogP contribution in [0.15, 0.2) is 18.2 Å². The molecule has 1 atom stereocenters. The van der Waals surface area contributed by atoms with E-state index in [1.807, 2.05) is 29.5 Å². The van der Waals surface area contributed by atoms with Crippen molar-refractivity contribution < 1.29 is 9.18 Å². The van der Waals surface area contributed by atoms with Gasteiger partial charge in [0.2, 0.25) is 5.91 Å². The monoisotopic (exact) mass is 350 g/mol. The standard InChI is InChI=1S/C12H16FIN2O/c1-8(3-2-6-15)12(17)16-11-5-4-9(13)7-10(11)14/h4-5,7-8H,2-3,6,15H2,1H3,(H,16,17). The Morgan fingerprint density at radius 1 is 1.59 bits per heavy atom. The molecule has 17 heavy (non-hydrogen) atoms. The van der Waals surface area contributed by atoms with Crippen molar-refractivity contribution in [3.05, 3.63) is 27.6 Å². The summed E-state index contributed by atoms with van der Waals surface area (Å²) >= 11 is 2.00. The van der Waals surface area contributed by atoms with E-state index in [0.717, 1.165) is 12.8 Å². The first kappa shape index (κ1) is 14.4. The minimum atomic E-state index is -0.302. The van der Waals surface area contributed by atoms with Crippen molar-refractivity contribution in [2.75, 3.05) is 11.9 Å². The molecule has 0 aromatic heterocycles. The molecule has 3 N–H and O–H groups in total. The largest absolute Gasteiger partial charge is 0.330 e. The molecule has 0 fully saturated rings. The third-order valence-corrected chi connectivity index (χ3v) is 3.37. The lowest BCUT2D eigenvalue weighted by molar-refractivity contribution is -0.119. The smallest absolute Gasteiger partial charge is 0.227 e. The second-order valence-electron chi connectivity index (χ2n) is 3.95. The van der Waals surface area contributed by atoms with Gasteiger partial charge < -0.3 is 11.1 Å². The molecule has 0 spiro atoms. The highest BCUT2D eigenvalue weighted by Crippen LogP contribution is 2.20. The first-order chi connectivity index (χ1) is 8.04. The van der Waals surface area contributed by atoms with Crippen LogP contribution in [-0.4, -0.2) is 12.5 Å². The van der Waals surface area contributed by atoms with Crippen molar-refractivity contribution in [1.82, 2.24) is 0 Å². The van der Waals surface area contributed by atoms with Crippen molar-refractivity contribution in [3.8, 4) is 0 Å². The van der Waals surface area contributed by atoms with E-state index in [1.54, 1.807) is 6.07 Å². The minimum Gasteiger partial charge on any atom is -0.330 e. The molecule has 1 unspecified atom stereocenters. The SMILES string of the molecule is CC(CCCN)C(=O)Nc1ccc(F)cc1I. The van der Waals surface area contributed by atoms with E-state index >= 15 is 0 Å². The molecule has 0 aliphatic rings. The zero-order chi connectivity index (χ0) is 12.8. The Morgan fingerprint density at radius 3 is 2.88 bits per heavy atom. The first-order valence-corrected chi connectivity index (χ1v) is 6.58. The van der Waals surface area contributed by atoms with Crippen LogP contribution in [0.3, 0.4) is 0 Å². The van der Waals surface area contributed by atoms with Gasteiger partial charge in [0.25, 0.3) is 0 Å². The van der Waals surface area contributed by atoms with E-state index in [9.17, 15) is 9.18 Å². The molecule has 0 bridgehead atoms. The number of benzene rings is 1. The number of halogens is 2. The third kappa shape index (κ3) is 4.59. The number of hydrogen-bond acceptors (Lipinski definition) is 2. The van der Waals surface area contributed by atoms with Crippen LogP contribution in [0.2, 0.25) is 0 Å². The number of anilines is 1. The summed E-state index contributed by atoms with van der Waals surface area (Å²) < 4.78 is 13.6. The summed E-state index contributed by atoms with van der Waals surface area (Å²) in [5.41, 5.74) is 6.05. The predicted molar refractivity (Wildman–Crippen MR) is 75.2 cm³/mol. The molecular weight excluding hydrogens is 334 g/mol. The zero-order valence-corrected chi connectivity index (χ0v) is 11.8. The molecule has 1 aromatic rings. The van der Waals surface area contributed by atoms with Crippen LogP contribution in [0.4, 0.5) is 10.1 Å². The number of hydrogen-bond donors (Lipinski definition) is 2. The fourth-order valence-electron chi connectivity index (χ4n) is 1.40. The first-order valence-electron chi connectivity index (χ1n) is 5.50. The average molecular weight is 350 g/mol. The van der Waals surface area contributed by atoms with Crippen LogP contribution >= 0.6 is 22.6 Å². The summed E-state index contributed by atoms with van der Waals surface area (Å²) in [6.07, 6.45) is 1.59. The molecule has 0 radical (unpaired) electrons. The van der Waals surface area contributed by atoms with Crippen LogP contribution in [0, 0.1) is 15.3 Å². The fraction of sp³-hybridized carbons (Fsp3) is 0.417. The summed E-state index contributed by atoms with van der Waals surface area (Å²) in [6.45, 7) is 2.45. The Bertz CT molecular complexity index is 398. The number of rotatable bonds is 5. The molecule has 0 saturated heterocycles. The molecule has 0 saturated carbocycles. The van der Waals surface area contributed by atoms with Gasteiger partial charge in [0, 0.05) is 9.49 Å². The van der Waals surface area contributed by atoms with Crippen LogP contribution in [0.25, 0.3) is 0 Å². The van der Waals surface area contributed by atoms with Crippen LogP contribution in [0.1, 0.15) is 19.8 Å². The summed E-state index contributed by atoms with van der Waals surface area (Å²) in [5.74, 6) is -0.439. The summed E-state index contributed by atoms with van der Waals surface area (Å²) in [6, 6.07) is 4.30. The molecule has 1 aromatic carbocycles. The molecule has 1 amide bonds. The van der Waals surface area contributed by atoms with Gasteiger partial charge in [-0.05, 0) is 60.2 Å². The van der Waals surface area contributed by atoms with Gasteiger partial charge in [-0.2, -0.15) is 0 Å². The van der Waals surface area contributed by atoms with Crippen LogP contribution in [0.5, 0.6) is 0 Å². The van der Waals surface area contributed by atoms with Crippen molar-refractivity contribution in [3.63, 3.8) is 0 Å². The third-order valence-electron chi connectivity index (χ3n) is 2.48. The highest BCUT2D eigenvalue weighted by molar-refractivity contribution is 14.1. The Balaban J connectivity index is 2.61. The highest BCUT2D eigenvalue weighted by Gasteiger charge is 2.13. The molecular formula is C12H16FIN2O. The van der Waals surface area contributed by atoms with E-state index in [0.29, 0.717) is 15.8 Å². The Labute approximate surface area is 114 Å². The molecule has 0 aliphatic carbocycles. The highest BCUT2D eigenvalue weighted by atomic mass is 127. The molecule has 0 heterocycles. The quantitative estimate of drug-likeness (QED) is 0.803. The van der Waals surface area contributed by atoms with Gasteiger partial charge in [-0.1, -0.05) is 6.92 Å². The summed E-state index contributed by atoms with van der Waals surface area (Å²) in [5, 5.41) is 2.79. The van der Waals surface area contributed by atoms with Gasteiger partial charge in [-0.3, -0.25) is 4.79 Å². The molecule has 0 aliphatic heterocycles. The van der Waals surface area contributed by atoms with Gasteiger partial charge in [0.05, 0.1) is 5.69 Å². The molecule has 3 nitrogen and oxygen atoms in total. The van der Waals surface area contributed by atoms with Crippen LogP contribution in [-0.2, 0) is 4.79 Å². The Morgan fingerprint density at radius 2 is 2.29 bits per heavy atom. The Kier molecular flexibility index (Phi) is 5.84. The van der Waals surface area contributed by atoms with E-state index in [-0.39, 0.29) is 17.6 Å². The lowest BCUT2D eigenvalue weighted by Crippen LogP contribution is -2.21. The van der Waals surface area contributed by atoms with Gasteiger partial charge in [-0.15, -0.1) is 0 Å². The molecule has 94 valence electrons. The van der Waals surface area contributed by atoms with E-state index in [4.69, 9.17) is 5.73 Å². The van der Waals surface area contributed by atoms with E-state index < -0.39 is 0 Å². The van der Waals surface area contributed by atoms with E-state index in [1.165, 1.54) is 12.1 Å². The molecule has 5 heteroatoms. The van der Waals surface area contributed by atoms with Crippen molar-refractivity contribution in [2.45, 2.75) is 19.8 Å². The summed E-state index contributed by atoms with van der Waals surface area (Å²) in [7, 11) is 0. The van der Waals surface area contributed by atoms with Gasteiger partial charge in [-0.25, -0.2) is 4.39 Å². The average Bonchev–Trinajstić information content (AvgIpc) is 2.29. The number of carbonyl (C=O) groups excluding carboxylic acids is 1. The maximum Gasteiger partial charge on any atom is 0.227 e. The number of nitrogens with one attached hydrogen (secondary N) is 1. The fourth-order valence-corrected chi connectivity index (χ4v) is 2.01.